The Hall–Kier alpha value is -0.380. The van der Waals surface area contributed by atoms with Crippen LogP contribution in [0.5, 0.6) is 0 Å². The van der Waals surface area contributed by atoms with Crippen molar-refractivity contribution in [3.8, 4) is 0 Å². The van der Waals surface area contributed by atoms with Gasteiger partial charge in [-0.2, -0.15) is 0 Å². The molecule has 0 aromatic carbocycles. The van der Waals surface area contributed by atoms with E-state index in [2.05, 4.69) is 12.0 Å². The molecular weight excluding hydrogens is 188 g/mol. The molecule has 3 nitrogen and oxygen atoms in total. The van der Waals surface area contributed by atoms with Gasteiger partial charge in [-0.25, -0.2) is 0 Å². The summed E-state index contributed by atoms with van der Waals surface area (Å²) < 4.78 is 5.30. The van der Waals surface area contributed by atoms with Gasteiger partial charge in [-0.1, -0.05) is 18.9 Å². The summed E-state index contributed by atoms with van der Waals surface area (Å²) in [6.07, 6.45) is 8.99. The Balaban J connectivity index is 3.31. The zero-order chi connectivity index (χ0) is 11.4. The second-order valence-corrected chi connectivity index (χ2v) is 3.78. The van der Waals surface area contributed by atoms with Crippen LogP contribution in [0.25, 0.3) is 0 Å². The first kappa shape index (κ1) is 14.6. The van der Waals surface area contributed by atoms with Crippen molar-refractivity contribution in [2.24, 2.45) is 5.84 Å². The fourth-order valence-electron chi connectivity index (χ4n) is 1.54. The summed E-state index contributed by atoms with van der Waals surface area (Å²) in [5, 5.41) is 0. The molecule has 0 spiro atoms. The summed E-state index contributed by atoms with van der Waals surface area (Å²) in [4.78, 5) is 0. The van der Waals surface area contributed by atoms with Crippen LogP contribution >= 0.6 is 0 Å². The number of rotatable bonds is 11. The molecule has 3 N–H and O–H groups in total. The molecule has 0 aliphatic heterocycles. The first-order valence-corrected chi connectivity index (χ1v) is 5.99. The van der Waals surface area contributed by atoms with Gasteiger partial charge in [-0.15, -0.1) is 6.58 Å². The number of ether oxygens (including phenoxy) is 1. The molecule has 0 rings (SSSR count). The van der Waals surface area contributed by atoms with Gasteiger partial charge < -0.3 is 4.74 Å². The Morgan fingerprint density at radius 1 is 1.33 bits per heavy atom. The van der Waals surface area contributed by atoms with Gasteiger partial charge in [0.05, 0.1) is 0 Å². The van der Waals surface area contributed by atoms with E-state index in [1.54, 1.807) is 0 Å². The van der Waals surface area contributed by atoms with Crippen molar-refractivity contribution < 1.29 is 4.74 Å². The number of hydrogen-bond donors (Lipinski definition) is 2. The molecule has 0 amide bonds. The average molecular weight is 214 g/mol. The topological polar surface area (TPSA) is 47.3 Å². The van der Waals surface area contributed by atoms with Crippen LogP contribution in [-0.4, -0.2) is 19.3 Å². The van der Waals surface area contributed by atoms with E-state index < -0.39 is 0 Å². The maximum absolute atomic E-state index is 5.47. The monoisotopic (exact) mass is 214 g/mol. The summed E-state index contributed by atoms with van der Waals surface area (Å²) in [7, 11) is 0. The van der Waals surface area contributed by atoms with Crippen LogP contribution in [0.4, 0.5) is 0 Å². The smallest absolute Gasteiger partial charge is 0.0481 e. The Morgan fingerprint density at radius 3 is 2.73 bits per heavy atom. The number of unbranched alkanes of at least 4 members (excludes halogenated alkanes) is 3. The Kier molecular flexibility index (Phi) is 11.4. The molecule has 0 saturated heterocycles. The second-order valence-electron chi connectivity index (χ2n) is 3.78. The highest BCUT2D eigenvalue weighted by Crippen LogP contribution is 2.08. The second kappa shape index (κ2) is 11.7. The minimum atomic E-state index is 0.403. The predicted octanol–water partition coefficient (Wildman–Crippen LogP) is 2.38. The molecular formula is C12H26N2O. The highest BCUT2D eigenvalue weighted by Gasteiger charge is 2.05. The van der Waals surface area contributed by atoms with Gasteiger partial charge in [-0.05, 0) is 32.6 Å². The summed E-state index contributed by atoms with van der Waals surface area (Å²) >= 11 is 0. The first-order valence-electron chi connectivity index (χ1n) is 5.99. The summed E-state index contributed by atoms with van der Waals surface area (Å²) in [6, 6.07) is 0.403. The van der Waals surface area contributed by atoms with Crippen LogP contribution in [0.1, 0.15) is 45.4 Å². The van der Waals surface area contributed by atoms with Crippen LogP contribution in [0.15, 0.2) is 12.7 Å². The lowest BCUT2D eigenvalue weighted by Gasteiger charge is -2.15. The van der Waals surface area contributed by atoms with Crippen molar-refractivity contribution in [2.75, 3.05) is 13.2 Å². The normalized spacial score (nSPS) is 12.7. The molecule has 0 aliphatic rings. The third-order valence-corrected chi connectivity index (χ3v) is 2.51. The molecule has 0 aromatic heterocycles. The molecule has 0 aromatic rings. The van der Waals surface area contributed by atoms with Gasteiger partial charge in [0.25, 0.3) is 0 Å². The maximum Gasteiger partial charge on any atom is 0.0481 e. The number of hydrogen-bond acceptors (Lipinski definition) is 3. The standard InChI is InChI=1S/C12H26N2O/c1-3-5-6-7-8-9-12(14-13)10-11-15-4-2/h3,12,14H,1,4-11,13H2,2H3. The van der Waals surface area contributed by atoms with Crippen molar-refractivity contribution >= 4 is 0 Å². The molecule has 0 radical (unpaired) electrons. The molecule has 0 aliphatic carbocycles. The van der Waals surface area contributed by atoms with Crippen molar-refractivity contribution in [2.45, 2.75) is 51.5 Å². The number of hydrazine groups is 1. The van der Waals surface area contributed by atoms with E-state index in [1.165, 1.54) is 19.3 Å². The highest BCUT2D eigenvalue weighted by atomic mass is 16.5. The summed E-state index contributed by atoms with van der Waals surface area (Å²) in [5.41, 5.74) is 2.85. The van der Waals surface area contributed by atoms with Gasteiger partial charge in [0.2, 0.25) is 0 Å². The quantitative estimate of drug-likeness (QED) is 0.240. The molecule has 0 heterocycles. The van der Waals surface area contributed by atoms with E-state index in [9.17, 15) is 0 Å². The van der Waals surface area contributed by atoms with Crippen LogP contribution in [0.2, 0.25) is 0 Å². The fraction of sp³-hybridized carbons (Fsp3) is 0.833. The number of nitrogens with one attached hydrogen (secondary N) is 1. The average Bonchev–Trinajstić information content (AvgIpc) is 2.26. The van der Waals surface area contributed by atoms with E-state index >= 15 is 0 Å². The minimum Gasteiger partial charge on any atom is -0.382 e. The summed E-state index contributed by atoms with van der Waals surface area (Å²) in [6.45, 7) is 7.32. The zero-order valence-corrected chi connectivity index (χ0v) is 10.0. The SMILES string of the molecule is C=CCCCCCC(CCOCC)NN. The van der Waals surface area contributed by atoms with Gasteiger partial charge in [0.15, 0.2) is 0 Å². The molecule has 1 atom stereocenters. The lowest BCUT2D eigenvalue weighted by Crippen LogP contribution is -2.35. The van der Waals surface area contributed by atoms with E-state index in [0.29, 0.717) is 6.04 Å². The molecule has 0 bridgehead atoms. The molecule has 15 heavy (non-hydrogen) atoms. The van der Waals surface area contributed by atoms with Gasteiger partial charge in [0.1, 0.15) is 0 Å². The predicted molar refractivity (Wildman–Crippen MR) is 65.5 cm³/mol. The Labute approximate surface area is 94.0 Å². The molecule has 90 valence electrons. The molecule has 0 saturated carbocycles. The van der Waals surface area contributed by atoms with E-state index in [1.807, 2.05) is 13.0 Å². The Bertz CT molecular complexity index is 140. The number of nitrogens with two attached hydrogens (primary N) is 1. The lowest BCUT2D eigenvalue weighted by atomic mass is 10.1. The largest absolute Gasteiger partial charge is 0.382 e. The van der Waals surface area contributed by atoms with Crippen molar-refractivity contribution in [3.63, 3.8) is 0 Å². The molecule has 1 unspecified atom stereocenters. The van der Waals surface area contributed by atoms with Crippen LogP contribution in [0, 0.1) is 0 Å². The van der Waals surface area contributed by atoms with Gasteiger partial charge in [-0.3, -0.25) is 11.3 Å². The number of allylic oxidation sites excluding steroid dienone is 1. The van der Waals surface area contributed by atoms with E-state index in [-0.39, 0.29) is 0 Å². The Morgan fingerprint density at radius 2 is 2.13 bits per heavy atom. The molecule has 0 fully saturated rings. The first-order chi connectivity index (χ1) is 7.35. The van der Waals surface area contributed by atoms with Gasteiger partial charge in [0, 0.05) is 19.3 Å². The lowest BCUT2D eigenvalue weighted by molar-refractivity contribution is 0.135. The maximum atomic E-state index is 5.47. The van der Waals surface area contributed by atoms with Crippen molar-refractivity contribution in [1.82, 2.24) is 5.43 Å². The third kappa shape index (κ3) is 9.91. The van der Waals surface area contributed by atoms with Crippen LogP contribution in [-0.2, 0) is 4.74 Å². The van der Waals surface area contributed by atoms with Crippen molar-refractivity contribution in [3.05, 3.63) is 12.7 Å². The van der Waals surface area contributed by atoms with Gasteiger partial charge >= 0.3 is 0 Å². The fourth-order valence-corrected chi connectivity index (χ4v) is 1.54. The minimum absolute atomic E-state index is 0.403. The van der Waals surface area contributed by atoms with E-state index in [0.717, 1.165) is 32.5 Å². The third-order valence-electron chi connectivity index (χ3n) is 2.51. The molecule has 3 heteroatoms. The zero-order valence-electron chi connectivity index (χ0n) is 10.0. The highest BCUT2D eigenvalue weighted by molar-refractivity contribution is 4.67. The summed E-state index contributed by atoms with van der Waals surface area (Å²) in [5.74, 6) is 5.47. The van der Waals surface area contributed by atoms with E-state index in [4.69, 9.17) is 10.6 Å². The van der Waals surface area contributed by atoms with Crippen LogP contribution in [0.3, 0.4) is 0 Å². The van der Waals surface area contributed by atoms with Crippen LogP contribution < -0.4 is 11.3 Å². The van der Waals surface area contributed by atoms with Crippen molar-refractivity contribution in [1.29, 1.82) is 0 Å².